The third-order valence-corrected chi connectivity index (χ3v) is 4.58. The number of likely N-dealkylation sites (N-methyl/N-ethyl adjacent to an activating group) is 1. The van der Waals surface area contributed by atoms with Crippen LogP contribution in [0.2, 0.25) is 5.02 Å². The molecule has 0 amide bonds. The monoisotopic (exact) mass is 280 g/mol. The average Bonchev–Trinajstić information content (AvgIpc) is 2.38. The zero-order chi connectivity index (χ0) is 13.7. The van der Waals surface area contributed by atoms with Crippen molar-refractivity contribution in [2.75, 3.05) is 26.2 Å². The molecule has 0 aliphatic heterocycles. The Morgan fingerprint density at radius 2 is 1.89 bits per heavy atom. The molecule has 0 heterocycles. The quantitative estimate of drug-likeness (QED) is 0.822. The number of rotatable bonds is 7. The van der Waals surface area contributed by atoms with Gasteiger partial charge in [0.2, 0.25) is 0 Å². The van der Waals surface area contributed by atoms with Gasteiger partial charge in [0.05, 0.1) is 0 Å². The summed E-state index contributed by atoms with van der Waals surface area (Å²) in [6, 6.07) is 8.93. The molecular formula is C16H25ClN2. The van der Waals surface area contributed by atoms with Crippen LogP contribution in [-0.2, 0) is 0 Å². The molecule has 1 aliphatic carbocycles. The van der Waals surface area contributed by atoms with Crippen LogP contribution < -0.4 is 5.32 Å². The predicted molar refractivity (Wildman–Crippen MR) is 83.0 cm³/mol. The second kappa shape index (κ2) is 7.28. The summed E-state index contributed by atoms with van der Waals surface area (Å²) in [5.41, 5.74) is 1.32. The van der Waals surface area contributed by atoms with E-state index in [4.69, 9.17) is 11.6 Å². The van der Waals surface area contributed by atoms with Gasteiger partial charge in [-0.3, -0.25) is 0 Å². The number of halogens is 1. The van der Waals surface area contributed by atoms with Crippen LogP contribution in [0.3, 0.4) is 0 Å². The van der Waals surface area contributed by atoms with Crippen LogP contribution in [0, 0.1) is 0 Å². The normalized spacial score (nSPS) is 22.5. The molecule has 0 saturated heterocycles. The maximum atomic E-state index is 6.24. The Balaban J connectivity index is 1.68. The molecule has 3 heteroatoms. The van der Waals surface area contributed by atoms with Gasteiger partial charge in [0.15, 0.2) is 0 Å². The molecule has 0 atom stereocenters. The van der Waals surface area contributed by atoms with Crippen LogP contribution in [-0.4, -0.2) is 37.1 Å². The van der Waals surface area contributed by atoms with Gasteiger partial charge in [0.25, 0.3) is 0 Å². The van der Waals surface area contributed by atoms with Crippen LogP contribution >= 0.6 is 11.6 Å². The number of hydrogen-bond acceptors (Lipinski definition) is 2. The van der Waals surface area contributed by atoms with Crippen molar-refractivity contribution in [2.45, 2.75) is 38.6 Å². The van der Waals surface area contributed by atoms with Gasteiger partial charge >= 0.3 is 0 Å². The summed E-state index contributed by atoms with van der Waals surface area (Å²) in [7, 11) is 0. The van der Waals surface area contributed by atoms with E-state index < -0.39 is 0 Å². The highest BCUT2D eigenvalue weighted by Crippen LogP contribution is 2.39. The minimum Gasteiger partial charge on any atom is -0.313 e. The largest absolute Gasteiger partial charge is 0.313 e. The van der Waals surface area contributed by atoms with E-state index in [0.717, 1.165) is 31.2 Å². The van der Waals surface area contributed by atoms with Gasteiger partial charge in [-0.2, -0.15) is 0 Å². The standard InChI is InChI=1S/C16H25ClN2/c1-3-19(4-2)10-9-18-14-11-13(12-14)15-7-5-6-8-16(15)17/h5-8,13-14,18H,3-4,9-12H2,1-2H3. The Morgan fingerprint density at radius 3 is 2.53 bits per heavy atom. The first kappa shape index (κ1) is 14.8. The van der Waals surface area contributed by atoms with Crippen LogP contribution in [0.5, 0.6) is 0 Å². The SMILES string of the molecule is CCN(CC)CCNC1CC(c2ccccc2Cl)C1. The van der Waals surface area contributed by atoms with Gasteiger partial charge in [0, 0.05) is 24.2 Å². The molecule has 2 nitrogen and oxygen atoms in total. The van der Waals surface area contributed by atoms with Gasteiger partial charge < -0.3 is 10.2 Å². The summed E-state index contributed by atoms with van der Waals surface area (Å²) in [6.07, 6.45) is 2.45. The van der Waals surface area contributed by atoms with Crippen LogP contribution in [0.15, 0.2) is 24.3 Å². The Morgan fingerprint density at radius 1 is 1.21 bits per heavy atom. The molecule has 0 radical (unpaired) electrons. The van der Waals surface area contributed by atoms with Crippen LogP contribution in [0.25, 0.3) is 0 Å². The Hall–Kier alpha value is -0.570. The third kappa shape index (κ3) is 3.95. The van der Waals surface area contributed by atoms with Gasteiger partial charge in [-0.1, -0.05) is 43.6 Å². The minimum absolute atomic E-state index is 0.652. The summed E-state index contributed by atoms with van der Waals surface area (Å²) in [5.74, 6) is 0.652. The van der Waals surface area contributed by atoms with E-state index in [1.807, 2.05) is 12.1 Å². The van der Waals surface area contributed by atoms with Crippen molar-refractivity contribution in [2.24, 2.45) is 0 Å². The van der Waals surface area contributed by atoms with Crippen molar-refractivity contribution in [3.05, 3.63) is 34.9 Å². The number of nitrogens with zero attached hydrogens (tertiary/aromatic N) is 1. The molecule has 1 aliphatic rings. The summed E-state index contributed by atoms with van der Waals surface area (Å²) in [6.45, 7) is 8.98. The molecule has 106 valence electrons. The second-order valence-corrected chi connectivity index (χ2v) is 5.77. The van der Waals surface area contributed by atoms with Crippen molar-refractivity contribution >= 4 is 11.6 Å². The van der Waals surface area contributed by atoms with Gasteiger partial charge in [-0.05, 0) is 43.5 Å². The van der Waals surface area contributed by atoms with E-state index in [1.54, 1.807) is 0 Å². The van der Waals surface area contributed by atoms with Crippen LogP contribution in [0.1, 0.15) is 38.2 Å². The second-order valence-electron chi connectivity index (χ2n) is 5.37. The van der Waals surface area contributed by atoms with E-state index in [-0.39, 0.29) is 0 Å². The molecule has 0 spiro atoms. The van der Waals surface area contributed by atoms with E-state index in [1.165, 1.54) is 18.4 Å². The Bertz CT molecular complexity index is 384. The summed E-state index contributed by atoms with van der Waals surface area (Å²) in [4.78, 5) is 2.46. The molecule has 2 rings (SSSR count). The van der Waals surface area contributed by atoms with E-state index in [9.17, 15) is 0 Å². The minimum atomic E-state index is 0.652. The lowest BCUT2D eigenvalue weighted by Gasteiger charge is -2.37. The molecular weight excluding hydrogens is 256 g/mol. The lowest BCUT2D eigenvalue weighted by Crippen LogP contribution is -2.43. The third-order valence-electron chi connectivity index (χ3n) is 4.24. The van der Waals surface area contributed by atoms with E-state index in [0.29, 0.717) is 12.0 Å². The molecule has 0 aromatic heterocycles. The number of benzene rings is 1. The highest BCUT2D eigenvalue weighted by Gasteiger charge is 2.30. The smallest absolute Gasteiger partial charge is 0.0440 e. The first-order chi connectivity index (χ1) is 9.24. The molecule has 19 heavy (non-hydrogen) atoms. The fraction of sp³-hybridized carbons (Fsp3) is 0.625. The highest BCUT2D eigenvalue weighted by molar-refractivity contribution is 6.31. The summed E-state index contributed by atoms with van der Waals surface area (Å²) < 4.78 is 0. The number of nitrogens with one attached hydrogen (secondary N) is 1. The summed E-state index contributed by atoms with van der Waals surface area (Å²) in [5, 5.41) is 4.58. The molecule has 1 saturated carbocycles. The first-order valence-electron chi connectivity index (χ1n) is 7.44. The lowest BCUT2D eigenvalue weighted by molar-refractivity contribution is 0.256. The molecule has 1 aromatic carbocycles. The predicted octanol–water partition coefficient (Wildman–Crippen LogP) is 3.52. The van der Waals surface area contributed by atoms with Crippen molar-refractivity contribution in [1.82, 2.24) is 10.2 Å². The van der Waals surface area contributed by atoms with Crippen LogP contribution in [0.4, 0.5) is 0 Å². The molecule has 0 unspecified atom stereocenters. The highest BCUT2D eigenvalue weighted by atomic mass is 35.5. The maximum Gasteiger partial charge on any atom is 0.0440 e. The Labute approximate surface area is 122 Å². The fourth-order valence-corrected chi connectivity index (χ4v) is 3.10. The van der Waals surface area contributed by atoms with Crippen molar-refractivity contribution < 1.29 is 0 Å². The Kier molecular flexibility index (Phi) is 5.68. The van der Waals surface area contributed by atoms with Gasteiger partial charge in [0.1, 0.15) is 0 Å². The zero-order valence-corrected chi connectivity index (χ0v) is 12.8. The van der Waals surface area contributed by atoms with Crippen molar-refractivity contribution in [1.29, 1.82) is 0 Å². The van der Waals surface area contributed by atoms with Gasteiger partial charge in [-0.15, -0.1) is 0 Å². The maximum absolute atomic E-state index is 6.24. The first-order valence-corrected chi connectivity index (χ1v) is 7.82. The average molecular weight is 281 g/mol. The zero-order valence-electron chi connectivity index (χ0n) is 12.0. The molecule has 1 N–H and O–H groups in total. The lowest BCUT2D eigenvalue weighted by atomic mass is 9.76. The van der Waals surface area contributed by atoms with Gasteiger partial charge in [-0.25, -0.2) is 0 Å². The molecule has 1 fully saturated rings. The van der Waals surface area contributed by atoms with Crippen molar-refractivity contribution in [3.8, 4) is 0 Å². The fourth-order valence-electron chi connectivity index (χ4n) is 2.81. The topological polar surface area (TPSA) is 15.3 Å². The summed E-state index contributed by atoms with van der Waals surface area (Å²) >= 11 is 6.24. The van der Waals surface area contributed by atoms with E-state index in [2.05, 4.69) is 36.2 Å². The molecule has 1 aromatic rings. The van der Waals surface area contributed by atoms with E-state index >= 15 is 0 Å². The molecule has 0 bridgehead atoms. The number of hydrogen-bond donors (Lipinski definition) is 1. The van der Waals surface area contributed by atoms with Crippen molar-refractivity contribution in [3.63, 3.8) is 0 Å².